The van der Waals surface area contributed by atoms with Crippen LogP contribution >= 0.6 is 15.9 Å². The molecular weight excluding hydrogens is 261 g/mol. The standard InChI is InChI=1S/C11H15BrFNO/c1-15-7-9(14)6-5-8-3-2-4-10(13)11(8)12/h2-4,9H,5-7,14H2,1H3. The van der Waals surface area contributed by atoms with Crippen LogP contribution in [0.25, 0.3) is 0 Å². The Morgan fingerprint density at radius 1 is 1.53 bits per heavy atom. The highest BCUT2D eigenvalue weighted by atomic mass is 79.9. The highest BCUT2D eigenvalue weighted by Crippen LogP contribution is 2.21. The average Bonchev–Trinajstić information content (AvgIpc) is 2.21. The van der Waals surface area contributed by atoms with Crippen molar-refractivity contribution in [3.05, 3.63) is 34.1 Å². The van der Waals surface area contributed by atoms with Crippen molar-refractivity contribution in [1.29, 1.82) is 0 Å². The Balaban J connectivity index is 2.54. The van der Waals surface area contributed by atoms with Gasteiger partial charge < -0.3 is 10.5 Å². The molecule has 84 valence electrons. The molecule has 2 nitrogen and oxygen atoms in total. The quantitative estimate of drug-likeness (QED) is 0.896. The number of rotatable bonds is 5. The van der Waals surface area contributed by atoms with E-state index in [1.165, 1.54) is 6.07 Å². The van der Waals surface area contributed by atoms with E-state index in [-0.39, 0.29) is 11.9 Å². The Bertz CT molecular complexity index is 319. The monoisotopic (exact) mass is 275 g/mol. The summed E-state index contributed by atoms with van der Waals surface area (Å²) in [6.45, 7) is 0.535. The molecular formula is C11H15BrFNO. The van der Waals surface area contributed by atoms with Gasteiger partial charge in [-0.2, -0.15) is 0 Å². The molecule has 0 aliphatic rings. The Kier molecular flexibility index (Phi) is 5.22. The van der Waals surface area contributed by atoms with Crippen LogP contribution in [0, 0.1) is 5.82 Å². The molecule has 0 saturated carbocycles. The minimum atomic E-state index is -0.229. The van der Waals surface area contributed by atoms with Crippen molar-refractivity contribution in [2.24, 2.45) is 5.73 Å². The van der Waals surface area contributed by atoms with Gasteiger partial charge in [-0.3, -0.25) is 0 Å². The number of hydrogen-bond donors (Lipinski definition) is 1. The Labute approximate surface area is 97.7 Å². The Morgan fingerprint density at radius 3 is 2.93 bits per heavy atom. The minimum absolute atomic E-state index is 0.00478. The summed E-state index contributed by atoms with van der Waals surface area (Å²) < 4.78 is 18.6. The van der Waals surface area contributed by atoms with E-state index in [0.717, 1.165) is 18.4 Å². The Hall–Kier alpha value is -0.450. The van der Waals surface area contributed by atoms with E-state index < -0.39 is 0 Å². The first kappa shape index (κ1) is 12.6. The van der Waals surface area contributed by atoms with Gasteiger partial charge in [0.05, 0.1) is 11.1 Å². The van der Waals surface area contributed by atoms with E-state index in [2.05, 4.69) is 15.9 Å². The zero-order valence-corrected chi connectivity index (χ0v) is 10.3. The lowest BCUT2D eigenvalue weighted by Gasteiger charge is -2.11. The number of methoxy groups -OCH3 is 1. The highest BCUT2D eigenvalue weighted by Gasteiger charge is 2.07. The minimum Gasteiger partial charge on any atom is -0.383 e. The van der Waals surface area contributed by atoms with Crippen molar-refractivity contribution in [2.45, 2.75) is 18.9 Å². The van der Waals surface area contributed by atoms with Gasteiger partial charge in [0.1, 0.15) is 5.82 Å². The van der Waals surface area contributed by atoms with Gasteiger partial charge in [0, 0.05) is 13.2 Å². The van der Waals surface area contributed by atoms with Gasteiger partial charge >= 0.3 is 0 Å². The lowest BCUT2D eigenvalue weighted by atomic mass is 10.1. The molecule has 1 atom stereocenters. The van der Waals surface area contributed by atoms with Crippen molar-refractivity contribution >= 4 is 15.9 Å². The first-order valence-electron chi connectivity index (χ1n) is 4.82. The van der Waals surface area contributed by atoms with Crippen molar-refractivity contribution in [3.63, 3.8) is 0 Å². The van der Waals surface area contributed by atoms with Crippen LogP contribution in [0.15, 0.2) is 22.7 Å². The van der Waals surface area contributed by atoms with Crippen LogP contribution in [0.5, 0.6) is 0 Å². The maximum absolute atomic E-state index is 13.1. The van der Waals surface area contributed by atoms with Crippen LogP contribution in [-0.4, -0.2) is 19.8 Å². The predicted octanol–water partition coefficient (Wildman–Crippen LogP) is 2.49. The second-order valence-electron chi connectivity index (χ2n) is 3.47. The molecule has 0 spiro atoms. The van der Waals surface area contributed by atoms with Gasteiger partial charge in [-0.1, -0.05) is 12.1 Å². The zero-order valence-electron chi connectivity index (χ0n) is 8.67. The van der Waals surface area contributed by atoms with Crippen molar-refractivity contribution in [2.75, 3.05) is 13.7 Å². The van der Waals surface area contributed by atoms with Gasteiger partial charge in [-0.05, 0) is 40.4 Å². The zero-order chi connectivity index (χ0) is 11.3. The molecule has 0 aromatic heterocycles. The summed E-state index contributed by atoms with van der Waals surface area (Å²) in [6.07, 6.45) is 1.54. The molecule has 1 aromatic carbocycles. The van der Waals surface area contributed by atoms with Crippen LogP contribution in [0.2, 0.25) is 0 Å². The summed E-state index contributed by atoms with van der Waals surface area (Å²) in [5, 5.41) is 0. The summed E-state index contributed by atoms with van der Waals surface area (Å²) in [5.41, 5.74) is 6.73. The van der Waals surface area contributed by atoms with Crippen LogP contribution in [0.1, 0.15) is 12.0 Å². The fraction of sp³-hybridized carbons (Fsp3) is 0.455. The number of benzene rings is 1. The fourth-order valence-electron chi connectivity index (χ4n) is 1.38. The van der Waals surface area contributed by atoms with E-state index in [9.17, 15) is 4.39 Å². The molecule has 0 heterocycles. The molecule has 1 aromatic rings. The van der Waals surface area contributed by atoms with Gasteiger partial charge in [0.25, 0.3) is 0 Å². The molecule has 0 radical (unpaired) electrons. The van der Waals surface area contributed by atoms with E-state index in [1.807, 2.05) is 6.07 Å². The van der Waals surface area contributed by atoms with Crippen molar-refractivity contribution in [3.8, 4) is 0 Å². The van der Waals surface area contributed by atoms with Crippen LogP contribution in [0.3, 0.4) is 0 Å². The number of aryl methyl sites for hydroxylation is 1. The number of nitrogens with two attached hydrogens (primary N) is 1. The van der Waals surface area contributed by atoms with Crippen LogP contribution in [-0.2, 0) is 11.2 Å². The lowest BCUT2D eigenvalue weighted by Crippen LogP contribution is -2.26. The van der Waals surface area contributed by atoms with E-state index in [4.69, 9.17) is 10.5 Å². The molecule has 0 aliphatic carbocycles. The molecule has 0 amide bonds. The first-order chi connectivity index (χ1) is 7.15. The molecule has 0 saturated heterocycles. The van der Waals surface area contributed by atoms with E-state index in [1.54, 1.807) is 13.2 Å². The van der Waals surface area contributed by atoms with Crippen LogP contribution in [0.4, 0.5) is 4.39 Å². The molecule has 0 aliphatic heterocycles. The Morgan fingerprint density at radius 2 is 2.27 bits per heavy atom. The molecule has 1 rings (SSSR count). The molecule has 2 N–H and O–H groups in total. The average molecular weight is 276 g/mol. The lowest BCUT2D eigenvalue weighted by molar-refractivity contribution is 0.177. The van der Waals surface area contributed by atoms with E-state index in [0.29, 0.717) is 11.1 Å². The highest BCUT2D eigenvalue weighted by molar-refractivity contribution is 9.10. The fourth-order valence-corrected chi connectivity index (χ4v) is 1.84. The van der Waals surface area contributed by atoms with Gasteiger partial charge in [0.2, 0.25) is 0 Å². The number of ether oxygens (including phenoxy) is 1. The third-order valence-electron chi connectivity index (χ3n) is 2.20. The second-order valence-corrected chi connectivity index (χ2v) is 4.26. The van der Waals surface area contributed by atoms with Crippen molar-refractivity contribution in [1.82, 2.24) is 0 Å². The second kappa shape index (κ2) is 6.20. The van der Waals surface area contributed by atoms with Crippen molar-refractivity contribution < 1.29 is 9.13 Å². The predicted molar refractivity (Wildman–Crippen MR) is 62.3 cm³/mol. The smallest absolute Gasteiger partial charge is 0.137 e. The molecule has 0 fully saturated rings. The van der Waals surface area contributed by atoms with Gasteiger partial charge in [-0.25, -0.2) is 4.39 Å². The largest absolute Gasteiger partial charge is 0.383 e. The topological polar surface area (TPSA) is 35.2 Å². The van der Waals surface area contributed by atoms with Gasteiger partial charge in [-0.15, -0.1) is 0 Å². The third kappa shape index (κ3) is 3.89. The van der Waals surface area contributed by atoms with Gasteiger partial charge in [0.15, 0.2) is 0 Å². The number of halogens is 2. The molecule has 1 unspecified atom stereocenters. The van der Waals surface area contributed by atoms with Crippen LogP contribution < -0.4 is 5.73 Å². The summed E-state index contributed by atoms with van der Waals surface area (Å²) in [4.78, 5) is 0. The maximum Gasteiger partial charge on any atom is 0.137 e. The maximum atomic E-state index is 13.1. The third-order valence-corrected chi connectivity index (χ3v) is 3.08. The normalized spacial score (nSPS) is 12.8. The first-order valence-corrected chi connectivity index (χ1v) is 5.62. The molecule has 15 heavy (non-hydrogen) atoms. The number of hydrogen-bond acceptors (Lipinski definition) is 2. The summed E-state index contributed by atoms with van der Waals surface area (Å²) in [7, 11) is 1.62. The SMILES string of the molecule is COCC(N)CCc1cccc(F)c1Br. The summed E-state index contributed by atoms with van der Waals surface area (Å²) >= 11 is 3.22. The summed E-state index contributed by atoms with van der Waals surface area (Å²) in [5.74, 6) is -0.229. The van der Waals surface area contributed by atoms with E-state index >= 15 is 0 Å². The summed E-state index contributed by atoms with van der Waals surface area (Å²) in [6, 6.07) is 5.04. The molecule has 4 heteroatoms. The molecule has 0 bridgehead atoms.